The van der Waals surface area contributed by atoms with Crippen LogP contribution in [0, 0.1) is 0 Å². The summed E-state index contributed by atoms with van der Waals surface area (Å²) in [6, 6.07) is 3.81. The number of nitrogens with zero attached hydrogens (tertiary/aromatic N) is 3. The molecule has 0 aliphatic carbocycles. The minimum Gasteiger partial charge on any atom is -0.444 e. The van der Waals surface area contributed by atoms with Gasteiger partial charge in [-0.05, 0) is 59.0 Å². The van der Waals surface area contributed by atoms with Crippen molar-refractivity contribution < 1.29 is 27.8 Å². The molecule has 0 spiro atoms. The van der Waals surface area contributed by atoms with E-state index >= 15 is 0 Å². The lowest BCUT2D eigenvalue weighted by molar-refractivity contribution is -0.137. The van der Waals surface area contributed by atoms with Crippen LogP contribution in [0.3, 0.4) is 0 Å². The number of hydrogen-bond donors (Lipinski definition) is 1. The number of ether oxygens (including phenoxy) is 1. The summed E-state index contributed by atoms with van der Waals surface area (Å²) >= 11 is 1.59. The number of aliphatic hydroxyl groups is 1. The van der Waals surface area contributed by atoms with Crippen molar-refractivity contribution in [2.45, 2.75) is 62.6 Å². The third-order valence-corrected chi connectivity index (χ3v) is 6.82. The van der Waals surface area contributed by atoms with Crippen molar-refractivity contribution in [2.75, 3.05) is 40.0 Å². The normalized spacial score (nSPS) is 17.7. The van der Waals surface area contributed by atoms with Crippen molar-refractivity contribution >= 4 is 28.8 Å². The second kappa shape index (κ2) is 9.99. The standard InChI is InChI=1S/C24H34F3N3O3S/c1-23(2,3)33-22(32)29(6)12-15-9-10-34-21-20(15)18-8-7-16(24(25,26)27)11-19(18)30(21)14-17(31)13-28(4)5/h7-8,11,15,17,31H,9-10,12-14H2,1-6H3. The molecule has 2 heterocycles. The summed E-state index contributed by atoms with van der Waals surface area (Å²) in [4.78, 5) is 15.9. The van der Waals surface area contributed by atoms with Gasteiger partial charge in [0, 0.05) is 42.7 Å². The summed E-state index contributed by atoms with van der Waals surface area (Å²) in [6.07, 6.45) is -4.85. The zero-order valence-electron chi connectivity index (χ0n) is 20.6. The summed E-state index contributed by atoms with van der Waals surface area (Å²) in [6.45, 7) is 6.38. The largest absolute Gasteiger partial charge is 0.444 e. The molecular formula is C24H34F3N3O3S. The number of benzene rings is 1. The quantitative estimate of drug-likeness (QED) is 0.602. The van der Waals surface area contributed by atoms with Gasteiger partial charge in [-0.2, -0.15) is 13.2 Å². The smallest absolute Gasteiger partial charge is 0.416 e. The van der Waals surface area contributed by atoms with Crippen molar-refractivity contribution in [1.82, 2.24) is 14.4 Å². The van der Waals surface area contributed by atoms with Gasteiger partial charge in [-0.15, -0.1) is 11.8 Å². The maximum atomic E-state index is 13.5. The molecule has 2 aromatic rings. The van der Waals surface area contributed by atoms with Gasteiger partial charge in [0.25, 0.3) is 0 Å². The van der Waals surface area contributed by atoms with Gasteiger partial charge in [0.15, 0.2) is 0 Å². The van der Waals surface area contributed by atoms with Crippen LogP contribution in [0.2, 0.25) is 0 Å². The Bertz CT molecular complexity index is 1030. The zero-order chi connectivity index (χ0) is 25.4. The van der Waals surface area contributed by atoms with Crippen molar-refractivity contribution in [1.29, 1.82) is 0 Å². The first-order chi connectivity index (χ1) is 15.7. The van der Waals surface area contributed by atoms with E-state index in [-0.39, 0.29) is 12.5 Å². The number of rotatable bonds is 6. The van der Waals surface area contributed by atoms with Crippen molar-refractivity contribution in [2.24, 2.45) is 0 Å². The Morgan fingerprint density at radius 3 is 2.53 bits per heavy atom. The van der Waals surface area contributed by atoms with Crippen LogP contribution in [0.25, 0.3) is 10.9 Å². The molecule has 0 saturated heterocycles. The molecule has 0 fully saturated rings. The van der Waals surface area contributed by atoms with E-state index in [4.69, 9.17) is 4.74 Å². The average Bonchev–Trinajstić information content (AvgIpc) is 2.99. The first-order valence-corrected chi connectivity index (χ1v) is 12.3. The number of alkyl halides is 3. The molecule has 6 nitrogen and oxygen atoms in total. The summed E-state index contributed by atoms with van der Waals surface area (Å²) in [5, 5.41) is 12.2. The Balaban J connectivity index is 2.04. The fraction of sp³-hybridized carbons (Fsp3) is 0.625. The molecule has 34 heavy (non-hydrogen) atoms. The lowest BCUT2D eigenvalue weighted by Gasteiger charge is -2.30. The van der Waals surface area contributed by atoms with Gasteiger partial charge >= 0.3 is 12.3 Å². The molecule has 0 radical (unpaired) electrons. The van der Waals surface area contributed by atoms with Gasteiger partial charge in [-0.3, -0.25) is 0 Å². The van der Waals surface area contributed by atoms with E-state index in [2.05, 4.69) is 0 Å². The Morgan fingerprint density at radius 2 is 1.94 bits per heavy atom. The second-order valence-corrected chi connectivity index (χ2v) is 11.3. The monoisotopic (exact) mass is 501 g/mol. The molecule has 1 aromatic carbocycles. The molecule has 3 rings (SSSR count). The van der Waals surface area contributed by atoms with E-state index < -0.39 is 29.5 Å². The predicted molar refractivity (Wildman–Crippen MR) is 128 cm³/mol. The van der Waals surface area contributed by atoms with Gasteiger partial charge in [0.1, 0.15) is 5.60 Å². The Morgan fingerprint density at radius 1 is 1.26 bits per heavy atom. The third-order valence-electron chi connectivity index (χ3n) is 5.66. The van der Waals surface area contributed by atoms with Crippen LogP contribution in [0.4, 0.5) is 18.0 Å². The summed E-state index contributed by atoms with van der Waals surface area (Å²) in [5.41, 5.74) is 0.0564. The highest BCUT2D eigenvalue weighted by molar-refractivity contribution is 7.99. The fourth-order valence-electron chi connectivity index (χ4n) is 4.32. The highest BCUT2D eigenvalue weighted by Crippen LogP contribution is 2.45. The number of hydrogen-bond acceptors (Lipinski definition) is 5. The topological polar surface area (TPSA) is 57.9 Å². The first kappa shape index (κ1) is 26.7. The lowest BCUT2D eigenvalue weighted by atomic mass is 9.94. The fourth-order valence-corrected chi connectivity index (χ4v) is 5.68. The molecule has 1 amide bonds. The summed E-state index contributed by atoms with van der Waals surface area (Å²) in [7, 11) is 5.36. The van der Waals surface area contributed by atoms with Crippen LogP contribution in [0.5, 0.6) is 0 Å². The van der Waals surface area contributed by atoms with E-state index in [1.807, 2.05) is 23.6 Å². The SMILES string of the molecule is CN(C)CC(O)Cn1c2c(c3ccc(C(F)(F)F)cc31)C(CN(C)C(=O)OC(C)(C)C)CCS2. The number of fused-ring (bicyclic) bond motifs is 3. The van der Waals surface area contributed by atoms with E-state index in [1.54, 1.807) is 39.6 Å². The van der Waals surface area contributed by atoms with Crippen LogP contribution in [-0.2, 0) is 17.5 Å². The van der Waals surface area contributed by atoms with E-state index in [1.165, 1.54) is 17.0 Å². The van der Waals surface area contributed by atoms with E-state index in [9.17, 15) is 23.1 Å². The van der Waals surface area contributed by atoms with Crippen molar-refractivity contribution in [3.8, 4) is 0 Å². The Labute approximate surface area is 203 Å². The first-order valence-electron chi connectivity index (χ1n) is 11.3. The molecule has 2 atom stereocenters. The van der Waals surface area contributed by atoms with E-state index in [0.29, 0.717) is 18.6 Å². The molecule has 1 aliphatic heterocycles. The van der Waals surface area contributed by atoms with E-state index in [0.717, 1.165) is 34.2 Å². The third kappa shape index (κ3) is 6.20. The number of aliphatic hydroxyl groups excluding tert-OH is 1. The van der Waals surface area contributed by atoms with Crippen molar-refractivity contribution in [3.63, 3.8) is 0 Å². The number of aromatic nitrogens is 1. The average molecular weight is 502 g/mol. The van der Waals surface area contributed by atoms with Crippen molar-refractivity contribution in [3.05, 3.63) is 29.3 Å². The molecule has 0 bridgehead atoms. The number of likely N-dealkylation sites (N-methyl/N-ethyl adjacent to an activating group) is 2. The maximum absolute atomic E-state index is 13.5. The predicted octanol–water partition coefficient (Wildman–Crippen LogP) is 5.03. The van der Waals surface area contributed by atoms with Gasteiger partial charge in [0.05, 0.1) is 23.2 Å². The molecular weight excluding hydrogens is 467 g/mol. The number of thioether (sulfide) groups is 1. The zero-order valence-corrected chi connectivity index (χ0v) is 21.4. The molecule has 190 valence electrons. The number of carbonyl (C=O) groups is 1. The Hall–Kier alpha value is -1.91. The van der Waals surface area contributed by atoms with Crippen LogP contribution >= 0.6 is 11.8 Å². The highest BCUT2D eigenvalue weighted by Gasteiger charge is 2.34. The Kier molecular flexibility index (Phi) is 7.84. The number of amides is 1. The minimum atomic E-state index is -4.46. The highest BCUT2D eigenvalue weighted by atomic mass is 32.2. The summed E-state index contributed by atoms with van der Waals surface area (Å²) in [5.74, 6) is 0.715. The minimum absolute atomic E-state index is 0.0553. The van der Waals surface area contributed by atoms with Gasteiger partial charge in [-0.1, -0.05) is 6.07 Å². The molecule has 1 aliphatic rings. The lowest BCUT2D eigenvalue weighted by Crippen LogP contribution is -2.37. The maximum Gasteiger partial charge on any atom is 0.416 e. The van der Waals surface area contributed by atoms with Crippen LogP contribution in [0.1, 0.15) is 44.2 Å². The molecule has 1 N–H and O–H groups in total. The molecule has 10 heteroatoms. The van der Waals surface area contributed by atoms with Crippen LogP contribution in [0.15, 0.2) is 23.2 Å². The van der Waals surface area contributed by atoms with Crippen LogP contribution in [-0.4, -0.2) is 77.3 Å². The summed E-state index contributed by atoms with van der Waals surface area (Å²) < 4.78 is 47.8. The number of halogens is 3. The molecule has 1 aromatic heterocycles. The molecule has 2 unspecified atom stereocenters. The molecule has 0 saturated carbocycles. The van der Waals surface area contributed by atoms with Gasteiger partial charge in [-0.25, -0.2) is 4.79 Å². The number of carbonyl (C=O) groups excluding carboxylic acids is 1. The van der Waals surface area contributed by atoms with Crippen LogP contribution < -0.4 is 0 Å². The van der Waals surface area contributed by atoms with Gasteiger partial charge < -0.3 is 24.2 Å². The second-order valence-electron chi connectivity index (χ2n) is 10.2. The van der Waals surface area contributed by atoms with Gasteiger partial charge in [0.2, 0.25) is 0 Å².